The topological polar surface area (TPSA) is 78.9 Å². The van der Waals surface area contributed by atoms with Crippen molar-refractivity contribution < 1.29 is 28.6 Å². The summed E-state index contributed by atoms with van der Waals surface area (Å²) in [4.78, 5) is 37.8. The Kier molecular flexibility index (Phi) is 43.6. The van der Waals surface area contributed by atoms with Gasteiger partial charge in [0.15, 0.2) is 6.10 Å². The Morgan fingerprint density at radius 3 is 1.10 bits per heavy atom. The molecule has 0 spiro atoms. The van der Waals surface area contributed by atoms with E-state index in [0.717, 1.165) is 122 Å². The van der Waals surface area contributed by atoms with Gasteiger partial charge in [-0.25, -0.2) is 0 Å². The molecule has 0 rings (SSSR count). The van der Waals surface area contributed by atoms with E-state index in [0.29, 0.717) is 19.3 Å². The summed E-state index contributed by atoms with van der Waals surface area (Å²) >= 11 is 0. The molecule has 0 fully saturated rings. The third-order valence-electron chi connectivity index (χ3n) is 9.74. The summed E-state index contributed by atoms with van der Waals surface area (Å²) in [5, 5.41) is 0. The lowest BCUT2D eigenvalue weighted by atomic mass is 10.1. The number of hydrogen-bond donors (Lipinski definition) is 0. The fourth-order valence-corrected chi connectivity index (χ4v) is 6.20. The maximum absolute atomic E-state index is 12.7. The number of rotatable bonds is 41. The average molecular weight is 807 g/mol. The van der Waals surface area contributed by atoms with Gasteiger partial charge < -0.3 is 14.2 Å². The van der Waals surface area contributed by atoms with E-state index < -0.39 is 6.10 Å². The minimum Gasteiger partial charge on any atom is -0.462 e. The average Bonchev–Trinajstić information content (AvgIpc) is 3.22. The quantitative estimate of drug-likeness (QED) is 0.0201. The Balaban J connectivity index is 4.48. The van der Waals surface area contributed by atoms with Crippen LogP contribution in [0.2, 0.25) is 0 Å². The van der Waals surface area contributed by atoms with Crippen molar-refractivity contribution >= 4 is 17.9 Å². The van der Waals surface area contributed by atoms with Crippen molar-refractivity contribution in [3.8, 4) is 0 Å². The molecule has 1 atom stereocenters. The van der Waals surface area contributed by atoms with Gasteiger partial charge in [0.25, 0.3) is 0 Å². The summed E-state index contributed by atoms with van der Waals surface area (Å²) in [6, 6.07) is 0. The lowest BCUT2D eigenvalue weighted by Gasteiger charge is -2.18. The minimum absolute atomic E-state index is 0.101. The van der Waals surface area contributed by atoms with Crippen molar-refractivity contribution in [2.75, 3.05) is 13.2 Å². The van der Waals surface area contributed by atoms with Crippen LogP contribution in [0.5, 0.6) is 0 Å². The van der Waals surface area contributed by atoms with Crippen LogP contribution in [0.15, 0.2) is 85.1 Å². The molecule has 0 saturated carbocycles. The molecule has 0 aliphatic heterocycles. The number of carbonyl (C=O) groups is 3. The zero-order chi connectivity index (χ0) is 42.3. The van der Waals surface area contributed by atoms with Crippen LogP contribution in [0.25, 0.3) is 0 Å². The third-order valence-corrected chi connectivity index (χ3v) is 9.74. The number of esters is 3. The van der Waals surface area contributed by atoms with Crippen molar-refractivity contribution in [3.63, 3.8) is 0 Å². The fourth-order valence-electron chi connectivity index (χ4n) is 6.20. The van der Waals surface area contributed by atoms with Gasteiger partial charge in [-0.15, -0.1) is 0 Å². The molecule has 0 amide bonds. The second kappa shape index (κ2) is 46.3. The highest BCUT2D eigenvalue weighted by molar-refractivity contribution is 5.71. The van der Waals surface area contributed by atoms with Crippen molar-refractivity contribution in [2.24, 2.45) is 0 Å². The molecule has 0 aliphatic rings. The summed E-state index contributed by atoms with van der Waals surface area (Å²) in [5.41, 5.74) is 0. The molecule has 0 aromatic carbocycles. The molecule has 1 unspecified atom stereocenters. The molecule has 6 nitrogen and oxygen atoms in total. The SMILES string of the molecule is CC\C=C/C=C\C=C/CCCCCCCC(=O)OCC(COC(=O)CCCCC/C=C\CCCCCCCCC)OC(=O)CCCCCCC\C=C/C=C\C=C/CC. The number of carbonyl (C=O) groups excluding carboxylic acids is 3. The lowest BCUT2D eigenvalue weighted by molar-refractivity contribution is -0.167. The molecule has 0 saturated heterocycles. The third kappa shape index (κ3) is 43.7. The van der Waals surface area contributed by atoms with E-state index in [1.165, 1.54) is 44.9 Å². The minimum atomic E-state index is -0.800. The first-order valence-electron chi connectivity index (χ1n) is 23.7. The second-order valence-electron chi connectivity index (χ2n) is 15.4. The first-order chi connectivity index (χ1) is 28.5. The van der Waals surface area contributed by atoms with Crippen LogP contribution in [-0.2, 0) is 28.6 Å². The van der Waals surface area contributed by atoms with E-state index in [4.69, 9.17) is 14.2 Å². The maximum atomic E-state index is 12.7. The van der Waals surface area contributed by atoms with E-state index in [1.807, 2.05) is 6.08 Å². The fraction of sp³-hybridized carbons (Fsp3) is 0.673. The van der Waals surface area contributed by atoms with Gasteiger partial charge in [0.2, 0.25) is 0 Å². The molecule has 0 aliphatic carbocycles. The Bertz CT molecular complexity index is 1160. The van der Waals surface area contributed by atoms with Gasteiger partial charge >= 0.3 is 17.9 Å². The van der Waals surface area contributed by atoms with Gasteiger partial charge in [0.1, 0.15) is 13.2 Å². The van der Waals surface area contributed by atoms with Gasteiger partial charge in [-0.3, -0.25) is 14.4 Å². The Morgan fingerprint density at radius 1 is 0.362 bits per heavy atom. The summed E-state index contributed by atoms with van der Waals surface area (Å²) in [6.45, 7) is 6.30. The highest BCUT2D eigenvalue weighted by Gasteiger charge is 2.19. The molecule has 0 aromatic rings. The lowest BCUT2D eigenvalue weighted by Crippen LogP contribution is -2.30. The highest BCUT2D eigenvalue weighted by Crippen LogP contribution is 2.13. The number of ether oxygens (including phenoxy) is 3. The molecule has 330 valence electrons. The van der Waals surface area contributed by atoms with Crippen LogP contribution in [0.3, 0.4) is 0 Å². The molecule has 58 heavy (non-hydrogen) atoms. The van der Waals surface area contributed by atoms with Gasteiger partial charge in [-0.05, 0) is 83.5 Å². The van der Waals surface area contributed by atoms with Crippen molar-refractivity contribution in [1.29, 1.82) is 0 Å². The standard InChI is InChI=1S/C52H86O6/c1-4-7-10-13-16-19-22-25-28-30-33-36-39-42-45-51(54)57-48-49(58-52(55)46-43-40-37-34-31-27-24-21-18-15-12-9-6-3)47-56-50(53)44-41-38-35-32-29-26-23-20-17-14-11-8-5-2/h8-9,11-12,14-15,17-18,20-21,23-24,28,30,49H,4-7,10,13,16,19,22,25-27,29,31-48H2,1-3H3/b11-8-,12-9-,17-14-,18-15-,23-20-,24-21-,30-28-. The normalized spacial score (nSPS) is 12.8. The molecule has 0 aromatic heterocycles. The Hall–Kier alpha value is -3.41. The Morgan fingerprint density at radius 2 is 0.690 bits per heavy atom. The molecule has 0 heterocycles. The smallest absolute Gasteiger partial charge is 0.306 e. The number of hydrogen-bond acceptors (Lipinski definition) is 6. The van der Waals surface area contributed by atoms with E-state index in [2.05, 4.69) is 99.8 Å². The number of unbranched alkanes of at least 4 members (excludes halogenated alkanes) is 20. The van der Waals surface area contributed by atoms with E-state index >= 15 is 0 Å². The monoisotopic (exact) mass is 807 g/mol. The second-order valence-corrected chi connectivity index (χ2v) is 15.4. The largest absolute Gasteiger partial charge is 0.462 e. The highest BCUT2D eigenvalue weighted by atomic mass is 16.6. The van der Waals surface area contributed by atoms with Gasteiger partial charge in [0.05, 0.1) is 0 Å². The predicted molar refractivity (Wildman–Crippen MR) is 247 cm³/mol. The molecular formula is C52H86O6. The van der Waals surface area contributed by atoms with Crippen molar-refractivity contribution in [3.05, 3.63) is 85.1 Å². The van der Waals surface area contributed by atoms with Crippen molar-refractivity contribution in [2.45, 2.75) is 213 Å². The molecule has 0 N–H and O–H groups in total. The van der Waals surface area contributed by atoms with Crippen molar-refractivity contribution in [1.82, 2.24) is 0 Å². The number of allylic oxidation sites excluding steroid dienone is 14. The molecule has 0 radical (unpaired) electrons. The summed E-state index contributed by atoms with van der Waals surface area (Å²) < 4.78 is 16.7. The molecular weight excluding hydrogens is 721 g/mol. The zero-order valence-corrected chi connectivity index (χ0v) is 37.5. The van der Waals surface area contributed by atoms with Crippen LogP contribution in [0, 0.1) is 0 Å². The first kappa shape index (κ1) is 54.6. The maximum Gasteiger partial charge on any atom is 0.306 e. The first-order valence-corrected chi connectivity index (χ1v) is 23.7. The van der Waals surface area contributed by atoms with E-state index in [9.17, 15) is 14.4 Å². The van der Waals surface area contributed by atoms with Gasteiger partial charge in [-0.1, -0.05) is 189 Å². The van der Waals surface area contributed by atoms with Gasteiger partial charge in [-0.2, -0.15) is 0 Å². The zero-order valence-electron chi connectivity index (χ0n) is 37.5. The summed E-state index contributed by atoms with van der Waals surface area (Å²) in [5.74, 6) is -0.963. The Labute approximate surface area is 356 Å². The summed E-state index contributed by atoms with van der Waals surface area (Å²) in [7, 11) is 0. The predicted octanol–water partition coefficient (Wildman–Crippen LogP) is 15.3. The van der Waals surface area contributed by atoms with Crippen LogP contribution in [0.1, 0.15) is 207 Å². The van der Waals surface area contributed by atoms with Crippen LogP contribution in [-0.4, -0.2) is 37.2 Å². The van der Waals surface area contributed by atoms with Crippen LogP contribution < -0.4 is 0 Å². The summed E-state index contributed by atoms with van der Waals surface area (Å²) in [6.07, 6.45) is 58.5. The van der Waals surface area contributed by atoms with E-state index in [-0.39, 0.29) is 31.1 Å². The van der Waals surface area contributed by atoms with Gasteiger partial charge in [0, 0.05) is 19.3 Å². The van der Waals surface area contributed by atoms with Crippen LogP contribution in [0.4, 0.5) is 0 Å². The molecule has 6 heteroatoms. The molecule has 0 bridgehead atoms. The van der Waals surface area contributed by atoms with Crippen LogP contribution >= 0.6 is 0 Å². The van der Waals surface area contributed by atoms with E-state index in [1.54, 1.807) is 0 Å².